The molecule has 1 aromatic heterocycles. The Morgan fingerprint density at radius 1 is 1.06 bits per heavy atom. The van der Waals surface area contributed by atoms with E-state index in [2.05, 4.69) is 33.0 Å². The quantitative estimate of drug-likeness (QED) is 0.500. The van der Waals surface area contributed by atoms with Crippen molar-refractivity contribution in [1.82, 2.24) is 14.7 Å². The molecule has 0 spiro atoms. The van der Waals surface area contributed by atoms with E-state index in [1.807, 2.05) is 55.5 Å². The first-order valence-electron chi connectivity index (χ1n) is 11.2. The van der Waals surface area contributed by atoms with Crippen LogP contribution in [0.2, 0.25) is 5.02 Å². The van der Waals surface area contributed by atoms with Gasteiger partial charge >= 0.3 is 0 Å². The van der Waals surface area contributed by atoms with E-state index in [-0.39, 0.29) is 23.8 Å². The first kappa shape index (κ1) is 24.5. The van der Waals surface area contributed by atoms with Crippen LogP contribution in [-0.4, -0.2) is 39.6 Å². The monoisotopic (exact) mass is 466 g/mol. The summed E-state index contributed by atoms with van der Waals surface area (Å²) in [5, 5.41) is 8.15. The lowest BCUT2D eigenvalue weighted by Crippen LogP contribution is -2.38. The van der Waals surface area contributed by atoms with Crippen LogP contribution in [0.3, 0.4) is 0 Å². The zero-order valence-electron chi connectivity index (χ0n) is 19.9. The Morgan fingerprint density at radius 3 is 2.30 bits per heavy atom. The second kappa shape index (κ2) is 10.2. The van der Waals surface area contributed by atoms with Gasteiger partial charge in [-0.3, -0.25) is 9.59 Å². The largest absolute Gasteiger partial charge is 0.330 e. The standard InChI is InChI=1S/C26H31ClN4O2/c1-6-18-12-14-19(15-13-18)25(33)30(7-2)17-24(32)28-23-16-22(26(3,4)5)29-31(23)21-11-9-8-10-20(21)27/h8-16H,6-7,17H2,1-5H3,(H,28,32). The number of likely N-dealkylation sites (N-methyl/N-ethyl adjacent to an activating group) is 1. The van der Waals surface area contributed by atoms with Gasteiger partial charge in [0.15, 0.2) is 0 Å². The number of aromatic nitrogens is 2. The zero-order chi connectivity index (χ0) is 24.2. The number of benzene rings is 2. The molecule has 6 nitrogen and oxygen atoms in total. The van der Waals surface area contributed by atoms with Crippen LogP contribution in [0.1, 0.15) is 56.2 Å². The number of aryl methyl sites for hydroxylation is 1. The molecule has 3 aromatic rings. The average Bonchev–Trinajstić information content (AvgIpc) is 3.21. The van der Waals surface area contributed by atoms with Crippen molar-refractivity contribution >= 4 is 29.2 Å². The molecule has 0 aliphatic heterocycles. The normalized spacial score (nSPS) is 11.3. The molecule has 2 amide bonds. The molecular formula is C26H31ClN4O2. The molecule has 2 aromatic carbocycles. The first-order chi connectivity index (χ1) is 15.6. The van der Waals surface area contributed by atoms with Crippen molar-refractivity contribution < 1.29 is 9.59 Å². The van der Waals surface area contributed by atoms with Crippen LogP contribution in [-0.2, 0) is 16.6 Å². The summed E-state index contributed by atoms with van der Waals surface area (Å²) in [6, 6.07) is 16.7. The third kappa shape index (κ3) is 5.82. The van der Waals surface area contributed by atoms with E-state index in [0.717, 1.165) is 17.7 Å². The minimum atomic E-state index is -0.302. The predicted molar refractivity (Wildman–Crippen MR) is 133 cm³/mol. The molecule has 7 heteroatoms. The number of anilines is 1. The molecule has 1 N–H and O–H groups in total. The van der Waals surface area contributed by atoms with Crippen LogP contribution in [0.25, 0.3) is 5.69 Å². The Labute approximate surface area is 200 Å². The number of halogens is 1. The third-order valence-corrected chi connectivity index (χ3v) is 5.76. The Kier molecular flexibility index (Phi) is 7.59. The lowest BCUT2D eigenvalue weighted by atomic mass is 9.92. The molecule has 3 rings (SSSR count). The summed E-state index contributed by atoms with van der Waals surface area (Å²) in [5.74, 6) is 0.0307. The molecule has 0 fully saturated rings. The van der Waals surface area contributed by atoms with Crippen LogP contribution in [0.5, 0.6) is 0 Å². The predicted octanol–water partition coefficient (Wildman–Crippen LogP) is 5.49. The highest BCUT2D eigenvalue weighted by molar-refractivity contribution is 6.32. The van der Waals surface area contributed by atoms with E-state index in [4.69, 9.17) is 16.7 Å². The van der Waals surface area contributed by atoms with Gasteiger partial charge in [-0.1, -0.05) is 63.6 Å². The molecule has 0 bridgehead atoms. The lowest BCUT2D eigenvalue weighted by molar-refractivity contribution is -0.116. The summed E-state index contributed by atoms with van der Waals surface area (Å²) >= 11 is 6.40. The number of para-hydroxylation sites is 1. The number of nitrogens with one attached hydrogen (secondary N) is 1. The summed E-state index contributed by atoms with van der Waals surface area (Å²) in [7, 11) is 0. The van der Waals surface area contributed by atoms with Gasteiger partial charge in [0.1, 0.15) is 12.4 Å². The van der Waals surface area contributed by atoms with Crippen LogP contribution >= 0.6 is 11.6 Å². The summed E-state index contributed by atoms with van der Waals surface area (Å²) < 4.78 is 1.64. The van der Waals surface area contributed by atoms with Crippen molar-refractivity contribution in [3.63, 3.8) is 0 Å². The van der Waals surface area contributed by atoms with Gasteiger partial charge in [-0.25, -0.2) is 4.68 Å². The topological polar surface area (TPSA) is 67.2 Å². The molecule has 0 atom stereocenters. The number of rotatable bonds is 7. The summed E-state index contributed by atoms with van der Waals surface area (Å²) in [5.41, 5.74) is 3.00. The first-order valence-corrected chi connectivity index (χ1v) is 11.5. The van der Waals surface area contributed by atoms with E-state index >= 15 is 0 Å². The molecule has 0 saturated heterocycles. The minimum absolute atomic E-state index is 0.0661. The van der Waals surface area contributed by atoms with Crippen LogP contribution in [0.4, 0.5) is 5.82 Å². The highest BCUT2D eigenvalue weighted by Crippen LogP contribution is 2.29. The van der Waals surface area contributed by atoms with Gasteiger partial charge < -0.3 is 10.2 Å². The third-order valence-electron chi connectivity index (χ3n) is 5.44. The van der Waals surface area contributed by atoms with Gasteiger partial charge in [-0.2, -0.15) is 5.10 Å². The van der Waals surface area contributed by atoms with Crippen molar-refractivity contribution in [2.75, 3.05) is 18.4 Å². The maximum atomic E-state index is 13.0. The van der Waals surface area contributed by atoms with E-state index in [9.17, 15) is 9.59 Å². The Hall–Kier alpha value is -3.12. The van der Waals surface area contributed by atoms with Gasteiger partial charge in [-0.15, -0.1) is 0 Å². The minimum Gasteiger partial charge on any atom is -0.330 e. The van der Waals surface area contributed by atoms with Gasteiger partial charge in [0.2, 0.25) is 5.91 Å². The molecule has 33 heavy (non-hydrogen) atoms. The van der Waals surface area contributed by atoms with Crippen molar-refractivity contribution in [1.29, 1.82) is 0 Å². The van der Waals surface area contributed by atoms with Crippen molar-refractivity contribution in [2.24, 2.45) is 0 Å². The lowest BCUT2D eigenvalue weighted by Gasteiger charge is -2.20. The fourth-order valence-electron chi connectivity index (χ4n) is 3.39. The second-order valence-electron chi connectivity index (χ2n) is 8.95. The smallest absolute Gasteiger partial charge is 0.254 e. The number of amides is 2. The highest BCUT2D eigenvalue weighted by atomic mass is 35.5. The van der Waals surface area contributed by atoms with Gasteiger partial charge in [-0.05, 0) is 43.2 Å². The van der Waals surface area contributed by atoms with E-state index in [1.54, 1.807) is 10.7 Å². The molecule has 0 unspecified atom stereocenters. The van der Waals surface area contributed by atoms with Crippen LogP contribution in [0, 0.1) is 0 Å². The molecule has 174 valence electrons. The van der Waals surface area contributed by atoms with Crippen molar-refractivity contribution in [3.05, 3.63) is 76.4 Å². The SMILES string of the molecule is CCc1ccc(C(=O)N(CC)CC(=O)Nc2cc(C(C)(C)C)nn2-c2ccccc2Cl)cc1. The molecular weight excluding hydrogens is 436 g/mol. The summed E-state index contributed by atoms with van der Waals surface area (Å²) in [6.07, 6.45) is 0.907. The Balaban J connectivity index is 1.83. The molecule has 0 aliphatic rings. The molecule has 1 heterocycles. The van der Waals surface area contributed by atoms with Crippen molar-refractivity contribution in [2.45, 2.75) is 46.5 Å². The average molecular weight is 467 g/mol. The van der Waals surface area contributed by atoms with E-state index in [0.29, 0.717) is 28.6 Å². The van der Waals surface area contributed by atoms with Crippen molar-refractivity contribution in [3.8, 4) is 5.69 Å². The van der Waals surface area contributed by atoms with E-state index < -0.39 is 0 Å². The second-order valence-corrected chi connectivity index (χ2v) is 9.35. The zero-order valence-corrected chi connectivity index (χ0v) is 20.6. The molecule has 0 aliphatic carbocycles. The molecule has 0 saturated carbocycles. The molecule has 0 radical (unpaired) electrons. The summed E-state index contributed by atoms with van der Waals surface area (Å²) in [6.45, 7) is 10.4. The van der Waals surface area contributed by atoms with Gasteiger partial charge in [0, 0.05) is 23.6 Å². The van der Waals surface area contributed by atoms with Crippen LogP contribution in [0.15, 0.2) is 54.6 Å². The fraction of sp³-hybridized carbons (Fsp3) is 0.346. The maximum absolute atomic E-state index is 13.0. The number of nitrogens with zero attached hydrogens (tertiary/aromatic N) is 3. The van der Waals surface area contributed by atoms with Gasteiger partial charge in [0.25, 0.3) is 5.91 Å². The fourth-order valence-corrected chi connectivity index (χ4v) is 3.61. The van der Waals surface area contributed by atoms with E-state index in [1.165, 1.54) is 4.90 Å². The Morgan fingerprint density at radius 2 is 1.73 bits per heavy atom. The van der Waals surface area contributed by atoms with Gasteiger partial charge in [0.05, 0.1) is 16.4 Å². The Bertz CT molecular complexity index is 1130. The summed E-state index contributed by atoms with van der Waals surface area (Å²) in [4.78, 5) is 27.4. The maximum Gasteiger partial charge on any atom is 0.254 e. The van der Waals surface area contributed by atoms with Crippen LogP contribution < -0.4 is 5.32 Å². The number of carbonyl (C=O) groups is 2. The number of carbonyl (C=O) groups excluding carboxylic acids is 2. The number of hydrogen-bond donors (Lipinski definition) is 1. The highest BCUT2D eigenvalue weighted by Gasteiger charge is 2.23. The number of hydrogen-bond acceptors (Lipinski definition) is 3.